The third kappa shape index (κ3) is 3.91. The highest BCUT2D eigenvalue weighted by Crippen LogP contribution is 2.29. The van der Waals surface area contributed by atoms with Crippen LogP contribution in [0.15, 0.2) is 24.3 Å². The second-order valence-corrected chi connectivity index (χ2v) is 5.41. The predicted molar refractivity (Wildman–Crippen MR) is 73.1 cm³/mol. The maximum absolute atomic E-state index is 10.6. The Morgan fingerprint density at radius 1 is 1.33 bits per heavy atom. The molecule has 0 radical (unpaired) electrons. The number of halogens is 1. The van der Waals surface area contributed by atoms with Gasteiger partial charge in [-0.2, -0.15) is 0 Å². The van der Waals surface area contributed by atoms with Crippen molar-refractivity contribution in [1.29, 1.82) is 0 Å². The smallest absolute Gasteiger partial charge is 0.303 e. The monoisotopic (exact) mass is 267 g/mol. The van der Waals surface area contributed by atoms with Crippen molar-refractivity contribution in [3.63, 3.8) is 0 Å². The van der Waals surface area contributed by atoms with Gasteiger partial charge in [-0.15, -0.1) is 0 Å². The zero-order valence-electron chi connectivity index (χ0n) is 10.2. The summed E-state index contributed by atoms with van der Waals surface area (Å²) in [5, 5.41) is 13.0. The Morgan fingerprint density at radius 3 is 2.67 bits per heavy atom. The number of anilines is 1. The first-order valence-electron chi connectivity index (χ1n) is 6.37. The van der Waals surface area contributed by atoms with Gasteiger partial charge in [0.1, 0.15) is 0 Å². The summed E-state index contributed by atoms with van der Waals surface area (Å²) in [5.74, 6) is -0.332. The third-order valence-electron chi connectivity index (χ3n) is 3.51. The molecule has 1 aliphatic rings. The lowest BCUT2D eigenvalue weighted by Gasteiger charge is -2.29. The van der Waals surface area contributed by atoms with E-state index in [2.05, 4.69) is 5.32 Å². The van der Waals surface area contributed by atoms with E-state index < -0.39 is 5.97 Å². The third-order valence-corrected chi connectivity index (χ3v) is 3.74. The number of aliphatic carboxylic acids is 1. The molecule has 18 heavy (non-hydrogen) atoms. The summed E-state index contributed by atoms with van der Waals surface area (Å²) in [6.45, 7) is 0. The van der Waals surface area contributed by atoms with Gasteiger partial charge in [-0.3, -0.25) is 4.79 Å². The summed E-state index contributed by atoms with van der Waals surface area (Å²) in [7, 11) is 0. The van der Waals surface area contributed by atoms with Gasteiger partial charge in [0, 0.05) is 23.2 Å². The van der Waals surface area contributed by atoms with E-state index in [1.54, 1.807) is 0 Å². The molecule has 0 heterocycles. The van der Waals surface area contributed by atoms with E-state index in [-0.39, 0.29) is 0 Å². The quantitative estimate of drug-likeness (QED) is 0.873. The number of carboxylic acid groups (broad SMARTS) is 1. The number of hydrogen-bond donors (Lipinski definition) is 2. The topological polar surface area (TPSA) is 49.3 Å². The van der Waals surface area contributed by atoms with Crippen molar-refractivity contribution in [2.24, 2.45) is 5.92 Å². The lowest BCUT2D eigenvalue weighted by molar-refractivity contribution is -0.138. The van der Waals surface area contributed by atoms with E-state index in [9.17, 15) is 4.79 Å². The SMILES string of the molecule is O=C(O)CC1CCC(Nc2cccc(Cl)c2)CC1. The summed E-state index contributed by atoms with van der Waals surface area (Å²) >= 11 is 5.94. The highest BCUT2D eigenvalue weighted by atomic mass is 35.5. The Labute approximate surface area is 112 Å². The molecule has 4 heteroatoms. The molecule has 1 aliphatic carbocycles. The molecule has 1 aromatic rings. The maximum Gasteiger partial charge on any atom is 0.303 e. The predicted octanol–water partition coefficient (Wildman–Crippen LogP) is 3.79. The fraction of sp³-hybridized carbons (Fsp3) is 0.500. The number of benzene rings is 1. The van der Waals surface area contributed by atoms with Crippen LogP contribution in [0.5, 0.6) is 0 Å². The first-order valence-corrected chi connectivity index (χ1v) is 6.75. The fourth-order valence-electron chi connectivity index (χ4n) is 2.57. The van der Waals surface area contributed by atoms with Gasteiger partial charge in [0.2, 0.25) is 0 Å². The molecule has 0 aromatic heterocycles. The van der Waals surface area contributed by atoms with Crippen molar-refractivity contribution in [2.45, 2.75) is 38.1 Å². The van der Waals surface area contributed by atoms with Gasteiger partial charge >= 0.3 is 5.97 Å². The molecule has 2 N–H and O–H groups in total. The van der Waals surface area contributed by atoms with Crippen LogP contribution in [0.1, 0.15) is 32.1 Å². The van der Waals surface area contributed by atoms with Crippen molar-refractivity contribution in [1.82, 2.24) is 0 Å². The van der Waals surface area contributed by atoms with E-state index in [0.29, 0.717) is 18.4 Å². The van der Waals surface area contributed by atoms with Crippen LogP contribution in [0.4, 0.5) is 5.69 Å². The van der Waals surface area contributed by atoms with Gasteiger partial charge in [0.15, 0.2) is 0 Å². The lowest BCUT2D eigenvalue weighted by Crippen LogP contribution is -2.27. The van der Waals surface area contributed by atoms with Gasteiger partial charge in [0.25, 0.3) is 0 Å². The van der Waals surface area contributed by atoms with E-state index in [0.717, 1.165) is 36.4 Å². The summed E-state index contributed by atoms with van der Waals surface area (Å²) in [6, 6.07) is 8.16. The van der Waals surface area contributed by atoms with Gasteiger partial charge in [-0.25, -0.2) is 0 Å². The van der Waals surface area contributed by atoms with Crippen LogP contribution in [-0.4, -0.2) is 17.1 Å². The maximum atomic E-state index is 10.6. The van der Waals surface area contributed by atoms with Crippen LogP contribution in [0.3, 0.4) is 0 Å². The average Bonchev–Trinajstić information content (AvgIpc) is 2.31. The first kappa shape index (κ1) is 13.2. The molecule has 1 aromatic carbocycles. The molecule has 0 amide bonds. The van der Waals surface area contributed by atoms with Gasteiger partial charge in [-0.1, -0.05) is 17.7 Å². The number of carboxylic acids is 1. The molecule has 0 bridgehead atoms. The molecule has 0 spiro atoms. The van der Waals surface area contributed by atoms with E-state index in [1.165, 1.54) is 0 Å². The largest absolute Gasteiger partial charge is 0.481 e. The first-order chi connectivity index (χ1) is 8.63. The number of nitrogens with one attached hydrogen (secondary N) is 1. The highest BCUT2D eigenvalue weighted by Gasteiger charge is 2.22. The second kappa shape index (κ2) is 6.10. The zero-order valence-corrected chi connectivity index (χ0v) is 11.0. The minimum atomic E-state index is -0.679. The summed E-state index contributed by atoms with van der Waals surface area (Å²) < 4.78 is 0. The van der Waals surface area contributed by atoms with Crippen LogP contribution >= 0.6 is 11.6 Å². The minimum absolute atomic E-state index is 0.309. The van der Waals surface area contributed by atoms with Gasteiger partial charge < -0.3 is 10.4 Å². The summed E-state index contributed by atoms with van der Waals surface area (Å²) in [5.41, 5.74) is 1.05. The number of carbonyl (C=O) groups is 1. The number of hydrogen-bond acceptors (Lipinski definition) is 2. The van der Waals surface area contributed by atoms with Gasteiger partial charge in [-0.05, 0) is 49.8 Å². The van der Waals surface area contributed by atoms with Gasteiger partial charge in [0.05, 0.1) is 0 Å². The average molecular weight is 268 g/mol. The lowest BCUT2D eigenvalue weighted by atomic mass is 9.84. The van der Waals surface area contributed by atoms with Crippen molar-refractivity contribution in [3.05, 3.63) is 29.3 Å². The summed E-state index contributed by atoms with van der Waals surface area (Å²) in [4.78, 5) is 10.6. The number of rotatable bonds is 4. The molecule has 0 aliphatic heterocycles. The minimum Gasteiger partial charge on any atom is -0.481 e. The van der Waals surface area contributed by atoms with Crippen LogP contribution in [0, 0.1) is 5.92 Å². The van der Waals surface area contributed by atoms with Crippen LogP contribution < -0.4 is 5.32 Å². The summed E-state index contributed by atoms with van der Waals surface area (Å²) in [6.07, 6.45) is 4.36. The Morgan fingerprint density at radius 2 is 2.06 bits per heavy atom. The molecular weight excluding hydrogens is 250 g/mol. The molecule has 2 rings (SSSR count). The molecule has 0 saturated heterocycles. The molecular formula is C14H18ClNO2. The molecule has 3 nitrogen and oxygen atoms in total. The van der Waals surface area contributed by atoms with E-state index in [1.807, 2.05) is 24.3 Å². The second-order valence-electron chi connectivity index (χ2n) is 4.97. The standard InChI is InChI=1S/C14H18ClNO2/c15-11-2-1-3-13(9-11)16-12-6-4-10(5-7-12)8-14(17)18/h1-3,9-10,12,16H,4-8H2,(H,17,18). The van der Waals surface area contributed by atoms with Crippen LogP contribution in [0.25, 0.3) is 0 Å². The molecule has 0 unspecified atom stereocenters. The van der Waals surface area contributed by atoms with Crippen molar-refractivity contribution in [3.8, 4) is 0 Å². The van der Waals surface area contributed by atoms with Crippen molar-refractivity contribution < 1.29 is 9.90 Å². The molecule has 0 atom stereocenters. The Hall–Kier alpha value is -1.22. The highest BCUT2D eigenvalue weighted by molar-refractivity contribution is 6.30. The fourth-order valence-corrected chi connectivity index (χ4v) is 2.76. The Kier molecular flexibility index (Phi) is 4.48. The normalized spacial score (nSPS) is 23.6. The van der Waals surface area contributed by atoms with Crippen molar-refractivity contribution >= 4 is 23.3 Å². The zero-order chi connectivity index (χ0) is 13.0. The Bertz CT molecular complexity index is 414. The van der Waals surface area contributed by atoms with E-state index >= 15 is 0 Å². The van der Waals surface area contributed by atoms with Crippen molar-refractivity contribution in [2.75, 3.05) is 5.32 Å². The molecule has 98 valence electrons. The van der Waals surface area contributed by atoms with Crippen LogP contribution in [0.2, 0.25) is 5.02 Å². The van der Waals surface area contributed by atoms with E-state index in [4.69, 9.17) is 16.7 Å². The molecule has 1 fully saturated rings. The van der Waals surface area contributed by atoms with Crippen LogP contribution in [-0.2, 0) is 4.79 Å². The Balaban J connectivity index is 1.81. The molecule has 1 saturated carbocycles.